The van der Waals surface area contributed by atoms with Crippen molar-refractivity contribution in [1.82, 2.24) is 15.1 Å². The van der Waals surface area contributed by atoms with Gasteiger partial charge in [-0.25, -0.2) is 0 Å². The molecule has 0 aromatic rings. The van der Waals surface area contributed by atoms with Crippen LogP contribution in [0.1, 0.15) is 45.4 Å². The second kappa shape index (κ2) is 10.9. The number of nitrogens with zero attached hydrogens (tertiary/aromatic N) is 3. The number of fused-ring (bicyclic) bond motifs is 1. The molecule has 1 aliphatic heterocycles. The lowest BCUT2D eigenvalue weighted by Gasteiger charge is -2.23. The first-order chi connectivity index (χ1) is 11.8. The lowest BCUT2D eigenvalue weighted by atomic mass is 9.82. The van der Waals surface area contributed by atoms with E-state index >= 15 is 0 Å². The fourth-order valence-corrected chi connectivity index (χ4v) is 4.41. The molecular formula is C19H37IN4O. The van der Waals surface area contributed by atoms with Gasteiger partial charge in [0.15, 0.2) is 5.96 Å². The Bertz CT molecular complexity index is 402. The fourth-order valence-electron chi connectivity index (χ4n) is 4.41. The van der Waals surface area contributed by atoms with Gasteiger partial charge < -0.3 is 15.0 Å². The SMILES string of the molecule is CCNC(=NCCN(CCOC)C1CC1)N1CC2CCCCC2C1.I. The number of halogens is 1. The van der Waals surface area contributed by atoms with Crippen molar-refractivity contribution in [2.24, 2.45) is 16.8 Å². The Hall–Kier alpha value is -0.0800. The number of nitrogens with one attached hydrogen (secondary N) is 1. The molecule has 25 heavy (non-hydrogen) atoms. The molecule has 0 aromatic carbocycles. The van der Waals surface area contributed by atoms with Gasteiger partial charge >= 0.3 is 0 Å². The van der Waals surface area contributed by atoms with E-state index in [0.717, 1.165) is 56.6 Å². The highest BCUT2D eigenvalue weighted by Crippen LogP contribution is 2.36. The summed E-state index contributed by atoms with van der Waals surface area (Å²) in [7, 11) is 1.79. The molecule has 1 N–H and O–H groups in total. The van der Waals surface area contributed by atoms with Gasteiger partial charge in [-0.3, -0.25) is 9.89 Å². The van der Waals surface area contributed by atoms with Gasteiger partial charge in [0.25, 0.3) is 0 Å². The van der Waals surface area contributed by atoms with Gasteiger partial charge in [-0.05, 0) is 44.4 Å². The molecule has 0 bridgehead atoms. The summed E-state index contributed by atoms with van der Waals surface area (Å²) in [5, 5.41) is 3.53. The van der Waals surface area contributed by atoms with Gasteiger partial charge in [0.1, 0.15) is 0 Å². The molecule has 6 heteroatoms. The summed E-state index contributed by atoms with van der Waals surface area (Å²) in [6.07, 6.45) is 8.41. The molecule has 5 nitrogen and oxygen atoms in total. The molecule has 0 radical (unpaired) electrons. The van der Waals surface area contributed by atoms with E-state index in [1.165, 1.54) is 51.6 Å². The summed E-state index contributed by atoms with van der Waals surface area (Å²) in [6.45, 7) is 9.39. The second-order valence-corrected chi connectivity index (χ2v) is 7.71. The van der Waals surface area contributed by atoms with E-state index in [4.69, 9.17) is 9.73 Å². The van der Waals surface area contributed by atoms with Crippen LogP contribution in [0.3, 0.4) is 0 Å². The van der Waals surface area contributed by atoms with Crippen molar-refractivity contribution in [1.29, 1.82) is 0 Å². The van der Waals surface area contributed by atoms with E-state index in [9.17, 15) is 0 Å². The molecule has 1 heterocycles. The van der Waals surface area contributed by atoms with Crippen LogP contribution in [0.2, 0.25) is 0 Å². The topological polar surface area (TPSA) is 40.1 Å². The standard InChI is InChI=1S/C19H36N4O.HI/c1-3-20-19(23-14-16-6-4-5-7-17(16)15-23)21-10-11-22(12-13-24-2)18-8-9-18;/h16-18H,3-15H2,1-2H3,(H,20,21);1H. The molecule has 0 amide bonds. The van der Waals surface area contributed by atoms with Crippen LogP contribution >= 0.6 is 24.0 Å². The predicted molar refractivity (Wildman–Crippen MR) is 115 cm³/mol. The van der Waals surface area contributed by atoms with Gasteiger partial charge in [0.2, 0.25) is 0 Å². The minimum Gasteiger partial charge on any atom is -0.383 e. The number of hydrogen-bond donors (Lipinski definition) is 1. The van der Waals surface area contributed by atoms with Crippen LogP contribution in [0.15, 0.2) is 4.99 Å². The summed E-state index contributed by atoms with van der Waals surface area (Å²) in [5.74, 6) is 2.97. The number of ether oxygens (including phenoxy) is 1. The van der Waals surface area contributed by atoms with Crippen LogP contribution in [0, 0.1) is 11.8 Å². The van der Waals surface area contributed by atoms with E-state index in [1.807, 2.05) is 0 Å². The number of likely N-dealkylation sites (tertiary alicyclic amines) is 1. The van der Waals surface area contributed by atoms with Gasteiger partial charge in [0, 0.05) is 45.9 Å². The largest absolute Gasteiger partial charge is 0.383 e. The molecule has 2 saturated carbocycles. The van der Waals surface area contributed by atoms with E-state index in [1.54, 1.807) is 7.11 Å². The number of hydrogen-bond acceptors (Lipinski definition) is 3. The Morgan fingerprint density at radius 2 is 1.80 bits per heavy atom. The molecule has 3 aliphatic rings. The average Bonchev–Trinajstić information content (AvgIpc) is 3.35. The van der Waals surface area contributed by atoms with Gasteiger partial charge in [-0.1, -0.05) is 12.8 Å². The molecular weight excluding hydrogens is 427 g/mol. The molecule has 0 spiro atoms. The maximum absolute atomic E-state index is 5.25. The van der Waals surface area contributed by atoms with Crippen LogP contribution < -0.4 is 5.32 Å². The Labute approximate surface area is 171 Å². The molecule has 2 aliphatic carbocycles. The number of guanidine groups is 1. The lowest BCUT2D eigenvalue weighted by molar-refractivity contribution is 0.145. The second-order valence-electron chi connectivity index (χ2n) is 7.71. The fraction of sp³-hybridized carbons (Fsp3) is 0.947. The van der Waals surface area contributed by atoms with Crippen molar-refractivity contribution >= 4 is 29.9 Å². The Morgan fingerprint density at radius 3 is 2.36 bits per heavy atom. The third-order valence-electron chi connectivity index (χ3n) is 5.91. The summed E-state index contributed by atoms with van der Waals surface area (Å²) >= 11 is 0. The third-order valence-corrected chi connectivity index (χ3v) is 5.91. The van der Waals surface area contributed by atoms with Crippen molar-refractivity contribution in [3.63, 3.8) is 0 Å². The van der Waals surface area contributed by atoms with Gasteiger partial charge in [0.05, 0.1) is 13.2 Å². The van der Waals surface area contributed by atoms with Crippen molar-refractivity contribution in [3.05, 3.63) is 0 Å². The molecule has 146 valence electrons. The average molecular weight is 464 g/mol. The van der Waals surface area contributed by atoms with Crippen LogP contribution in [-0.2, 0) is 4.74 Å². The minimum absolute atomic E-state index is 0. The molecule has 0 aromatic heterocycles. The maximum atomic E-state index is 5.25. The van der Waals surface area contributed by atoms with Crippen LogP contribution in [0.25, 0.3) is 0 Å². The maximum Gasteiger partial charge on any atom is 0.193 e. The molecule has 2 atom stereocenters. The first-order valence-corrected chi connectivity index (χ1v) is 10.1. The molecule has 3 rings (SSSR count). The molecule has 1 saturated heterocycles. The van der Waals surface area contributed by atoms with Crippen LogP contribution in [0.5, 0.6) is 0 Å². The molecule has 3 fully saturated rings. The van der Waals surface area contributed by atoms with E-state index in [-0.39, 0.29) is 24.0 Å². The quantitative estimate of drug-likeness (QED) is 0.341. The summed E-state index contributed by atoms with van der Waals surface area (Å²) < 4.78 is 5.25. The van der Waals surface area contributed by atoms with Crippen LogP contribution in [0.4, 0.5) is 0 Å². The predicted octanol–water partition coefficient (Wildman–Crippen LogP) is 2.80. The number of aliphatic imine (C=N–C) groups is 1. The monoisotopic (exact) mass is 464 g/mol. The first kappa shape index (κ1) is 21.2. The highest BCUT2D eigenvalue weighted by molar-refractivity contribution is 14.0. The van der Waals surface area contributed by atoms with Crippen LogP contribution in [-0.4, -0.2) is 74.8 Å². The smallest absolute Gasteiger partial charge is 0.193 e. The normalized spacial score (nSPS) is 26.5. The van der Waals surface area contributed by atoms with Gasteiger partial charge in [-0.2, -0.15) is 0 Å². The highest BCUT2D eigenvalue weighted by Gasteiger charge is 2.35. The highest BCUT2D eigenvalue weighted by atomic mass is 127. The van der Waals surface area contributed by atoms with Gasteiger partial charge in [-0.15, -0.1) is 24.0 Å². The Morgan fingerprint density at radius 1 is 1.12 bits per heavy atom. The van der Waals surface area contributed by atoms with E-state index in [0.29, 0.717) is 0 Å². The Kier molecular flexibility index (Phi) is 9.27. The molecule has 2 unspecified atom stereocenters. The number of methoxy groups -OCH3 is 1. The zero-order valence-electron chi connectivity index (χ0n) is 16.1. The summed E-state index contributed by atoms with van der Waals surface area (Å²) in [6, 6.07) is 0.785. The van der Waals surface area contributed by atoms with Crippen molar-refractivity contribution in [3.8, 4) is 0 Å². The first-order valence-electron chi connectivity index (χ1n) is 10.1. The zero-order valence-corrected chi connectivity index (χ0v) is 18.4. The minimum atomic E-state index is 0. The Balaban J connectivity index is 0.00000225. The summed E-state index contributed by atoms with van der Waals surface area (Å²) in [4.78, 5) is 10.0. The van der Waals surface area contributed by atoms with E-state index in [2.05, 4.69) is 22.0 Å². The number of rotatable bonds is 8. The third kappa shape index (κ3) is 6.24. The van der Waals surface area contributed by atoms with Crippen molar-refractivity contribution in [2.45, 2.75) is 51.5 Å². The van der Waals surface area contributed by atoms with Crippen molar-refractivity contribution in [2.75, 3.05) is 53.0 Å². The zero-order chi connectivity index (χ0) is 16.8. The van der Waals surface area contributed by atoms with E-state index < -0.39 is 0 Å². The summed E-state index contributed by atoms with van der Waals surface area (Å²) in [5.41, 5.74) is 0. The van der Waals surface area contributed by atoms with Crippen molar-refractivity contribution < 1.29 is 4.74 Å². The lowest BCUT2D eigenvalue weighted by Crippen LogP contribution is -2.41.